The van der Waals surface area contributed by atoms with E-state index >= 15 is 0 Å². The van der Waals surface area contributed by atoms with Crippen molar-refractivity contribution in [2.45, 2.75) is 290 Å². The van der Waals surface area contributed by atoms with E-state index < -0.39 is 35.7 Å². The van der Waals surface area contributed by atoms with E-state index in [1.807, 2.05) is 0 Å². The summed E-state index contributed by atoms with van der Waals surface area (Å²) in [5, 5.41) is 4.84. The molecule has 4 nitrogen and oxygen atoms in total. The molecule has 15 aromatic rings. The average molecular weight is 1700 g/mol. The van der Waals surface area contributed by atoms with E-state index in [-0.39, 0.29) is 43.3 Å². The molecule has 662 valence electrons. The van der Waals surface area contributed by atoms with E-state index in [4.69, 9.17) is 0 Å². The van der Waals surface area contributed by atoms with Gasteiger partial charge >= 0.3 is 0 Å². The van der Waals surface area contributed by atoms with Gasteiger partial charge in [-0.15, -0.1) is 0 Å². The number of nitrogens with zero attached hydrogens (tertiary/aromatic N) is 4. The molecule has 0 unspecified atom stereocenters. The minimum atomic E-state index is -1.87. The van der Waals surface area contributed by atoms with Crippen LogP contribution in [-0.4, -0.2) is 15.8 Å². The fraction of sp³-hybridized carbons (Fsp3) is 0.371. The smallest absolute Gasteiger partial charge is 0.252 e. The largest absolute Gasteiger partial charge is 0.311 e. The average Bonchev–Trinajstić information content (AvgIpc) is 0.827. The van der Waals surface area contributed by atoms with Crippen molar-refractivity contribution in [2.24, 2.45) is 10.8 Å². The van der Waals surface area contributed by atoms with Gasteiger partial charge in [0.15, 0.2) is 0 Å². The molecule has 2 aliphatic rings. The van der Waals surface area contributed by atoms with Crippen molar-refractivity contribution in [3.8, 4) is 55.9 Å². The Hall–Kier alpha value is -10.9. The number of hydrogen-bond acceptors (Lipinski definition) is 2. The van der Waals surface area contributed by atoms with Gasteiger partial charge in [0.2, 0.25) is 0 Å². The molecule has 2 aromatic heterocycles. The zero-order valence-corrected chi connectivity index (χ0v) is 84.0. The molecule has 0 amide bonds. The van der Waals surface area contributed by atoms with Crippen molar-refractivity contribution in [2.75, 3.05) is 9.80 Å². The first kappa shape index (κ1) is 84.9. The van der Waals surface area contributed by atoms with Crippen LogP contribution >= 0.6 is 0 Å². The monoisotopic (exact) mass is 1700 g/mol. The maximum absolute atomic E-state index is 10.9. The van der Waals surface area contributed by atoms with Gasteiger partial charge in [-0.1, -0.05) is 362 Å². The molecule has 0 radical (unpaired) electrons. The third kappa shape index (κ3) is 16.9. The van der Waals surface area contributed by atoms with Crippen LogP contribution < -0.4 is 26.2 Å². The minimum Gasteiger partial charge on any atom is -0.311 e. The van der Waals surface area contributed by atoms with Crippen molar-refractivity contribution >= 4 is 101 Å². The van der Waals surface area contributed by atoms with Crippen molar-refractivity contribution in [1.82, 2.24) is 9.13 Å². The maximum Gasteiger partial charge on any atom is 0.252 e. The van der Waals surface area contributed by atoms with Gasteiger partial charge in [-0.25, -0.2) is 0 Å². The fourth-order valence-electron chi connectivity index (χ4n) is 19.8. The van der Waals surface area contributed by atoms with E-state index in [0.29, 0.717) is 11.1 Å². The Balaban J connectivity index is 1.11. The number of fused-ring (bicyclic) bond motifs is 10. The quantitative estimate of drug-likeness (QED) is 0.127. The second-order valence-corrected chi connectivity index (χ2v) is 49.3. The SMILES string of the molecule is [2H]C([2H])(c1cc(-c2cccc(C(C)(C)C)c2)c(N2c3cc(-n4c5ccc(C(C)(C)C)cc5c5cc(C(C)(C)C)ccc54)ccc3B3c4ccc(-n5c6ccc(C(C)(C)C)cc6c6cc(C(C)(C)C)ccc65)cc4N(c4cc(-c5cccc(C(C)(C)C)c5)c(C([2H])([2H])C(C)(C)C)cc4-c4cccc(C(C)(C)C)c4)c4cc(C(C)(C)C)cc2c43)cc1-c1cccc(C(C)(C)C)c1)C(C)(C)C. The molecule has 0 fully saturated rings. The Labute approximate surface area is 780 Å². The van der Waals surface area contributed by atoms with Crippen LogP contribution in [0.5, 0.6) is 0 Å². The molecule has 0 saturated heterocycles. The van der Waals surface area contributed by atoms with Gasteiger partial charge in [-0.2, -0.15) is 0 Å². The number of benzene rings is 13. The molecule has 0 spiro atoms. The number of aromatic nitrogens is 2. The predicted octanol–water partition coefficient (Wildman–Crippen LogP) is 33.5. The van der Waals surface area contributed by atoms with Crippen LogP contribution in [0.2, 0.25) is 0 Å². The van der Waals surface area contributed by atoms with E-state index in [1.54, 1.807) is 0 Å². The molecule has 2 aliphatic heterocycles. The zero-order valence-electron chi connectivity index (χ0n) is 88.0. The van der Waals surface area contributed by atoms with Crippen LogP contribution in [0.15, 0.2) is 243 Å². The molecule has 0 saturated carbocycles. The van der Waals surface area contributed by atoms with Gasteiger partial charge in [0, 0.05) is 72.3 Å². The van der Waals surface area contributed by atoms with Crippen LogP contribution in [0, 0.1) is 10.8 Å². The second-order valence-electron chi connectivity index (χ2n) is 49.3. The topological polar surface area (TPSA) is 16.3 Å². The molecular weight excluding hydrogens is 1560 g/mol. The molecule has 129 heavy (non-hydrogen) atoms. The van der Waals surface area contributed by atoms with Gasteiger partial charge in [-0.3, -0.25) is 0 Å². The summed E-state index contributed by atoms with van der Waals surface area (Å²) in [5.74, 6) is 0. The lowest BCUT2D eigenvalue weighted by Gasteiger charge is -2.46. The first-order chi connectivity index (χ1) is 61.4. The Morgan fingerprint density at radius 3 is 0.736 bits per heavy atom. The molecule has 0 aliphatic carbocycles. The van der Waals surface area contributed by atoms with Crippen molar-refractivity contribution in [1.29, 1.82) is 0 Å². The van der Waals surface area contributed by atoms with Crippen LogP contribution in [0.4, 0.5) is 34.1 Å². The number of hydrogen-bond donors (Lipinski definition) is 0. The summed E-state index contributed by atoms with van der Waals surface area (Å²) in [4.78, 5) is 5.29. The van der Waals surface area contributed by atoms with Gasteiger partial charge < -0.3 is 18.9 Å². The maximum atomic E-state index is 10.9. The number of rotatable bonds is 10. The second kappa shape index (κ2) is 30.9. The van der Waals surface area contributed by atoms with Gasteiger partial charge in [0.05, 0.1) is 33.4 Å². The van der Waals surface area contributed by atoms with Crippen LogP contribution in [0.1, 0.15) is 295 Å². The van der Waals surface area contributed by atoms with Crippen molar-refractivity contribution in [3.05, 3.63) is 304 Å². The van der Waals surface area contributed by atoms with E-state index in [1.165, 1.54) is 54.9 Å². The highest BCUT2D eigenvalue weighted by Gasteiger charge is 2.47. The highest BCUT2D eigenvalue weighted by Crippen LogP contribution is 2.55. The van der Waals surface area contributed by atoms with Gasteiger partial charge in [-0.05, 0) is 292 Å². The lowest BCUT2D eigenvalue weighted by atomic mass is 9.33. The van der Waals surface area contributed by atoms with Crippen LogP contribution in [0.3, 0.4) is 0 Å². The first-order valence-electron chi connectivity index (χ1n) is 49.5. The molecule has 0 N–H and O–H groups in total. The third-order valence-electron chi connectivity index (χ3n) is 27.3. The molecule has 13 aromatic carbocycles. The summed E-state index contributed by atoms with van der Waals surface area (Å²) in [5.41, 5.74) is 31.6. The van der Waals surface area contributed by atoms with E-state index in [9.17, 15) is 5.48 Å². The Morgan fingerprint density at radius 2 is 0.481 bits per heavy atom. The minimum absolute atomic E-state index is 0.124. The summed E-state index contributed by atoms with van der Waals surface area (Å²) in [6.07, 6.45) is -3.75. The Morgan fingerprint density at radius 1 is 0.225 bits per heavy atom. The lowest BCUT2D eigenvalue weighted by Crippen LogP contribution is -2.61. The highest BCUT2D eigenvalue weighted by molar-refractivity contribution is 7.00. The normalized spacial score (nSPS) is 14.6. The molecule has 0 atom stereocenters. The molecule has 5 heteroatoms. The molecule has 0 bridgehead atoms. The number of anilines is 6. The van der Waals surface area contributed by atoms with E-state index in [2.05, 4.69) is 490 Å². The summed E-state index contributed by atoms with van der Waals surface area (Å²) in [7, 11) is 0. The van der Waals surface area contributed by atoms with E-state index in [0.717, 1.165) is 145 Å². The van der Waals surface area contributed by atoms with Gasteiger partial charge in [0.1, 0.15) is 0 Å². The van der Waals surface area contributed by atoms with Crippen LogP contribution in [-0.2, 0) is 61.5 Å². The predicted molar refractivity (Wildman–Crippen MR) is 566 cm³/mol. The third-order valence-corrected chi connectivity index (χ3v) is 27.3. The molecule has 4 heterocycles. The first-order valence-corrected chi connectivity index (χ1v) is 47.5. The van der Waals surface area contributed by atoms with Crippen molar-refractivity contribution in [3.63, 3.8) is 0 Å². The van der Waals surface area contributed by atoms with Crippen molar-refractivity contribution < 1.29 is 5.48 Å². The summed E-state index contributed by atoms with van der Waals surface area (Å²) in [6.45, 7) is 74.3. The van der Waals surface area contributed by atoms with Gasteiger partial charge in [0.25, 0.3) is 6.71 Å². The lowest BCUT2D eigenvalue weighted by molar-refractivity contribution is 0.411. The summed E-state index contributed by atoms with van der Waals surface area (Å²) in [6, 6.07) is 94.1. The highest BCUT2D eigenvalue weighted by atomic mass is 15.2. The standard InChI is InChI=1S/C124H143BN4/c1-114(2,3)74-80-62-95(78-40-36-44-84(60-78)118(13,14)15)107(72-93(80)76-38-34-42-82(58-76)116(7,8)9)128-109-70-91(126-103-54-46-86(120(19,20)21)64-97(103)98-65-87(121(22,23)24)47-55-104(98)126)50-52-101(109)125-102-53-51-92(127-105-56-48-88(122(25,26)27)66-99(105)100-67-89(123(28,29)30)49-57-106(100)127)71-110(102)129(112-69-90(124(31,32)33)68-111(128)113(112)125)108-73-94(77-39-35-43-83(59-77)117(10,11)12)81(75-115(4,5)6)63-96(108)79-41-37-45-85(61-79)119(16,17)18/h34-73H,74-75H2,1-33H3/i74D2,75D2. The Bertz CT molecular complexity index is 6660. The summed E-state index contributed by atoms with van der Waals surface area (Å²) >= 11 is 0. The van der Waals surface area contributed by atoms with Crippen LogP contribution in [0.25, 0.3) is 99.5 Å². The summed E-state index contributed by atoms with van der Waals surface area (Å²) < 4.78 is 48.5. The zero-order chi connectivity index (χ0) is 96.6. The molecule has 17 rings (SSSR count). The fourth-order valence-corrected chi connectivity index (χ4v) is 19.8. The Kier molecular flexibility index (Phi) is 20.3. The molecular formula is C124H143BN4.